The minimum absolute atomic E-state index is 0.0261. The smallest absolute Gasteiger partial charge is 0.135 e. The molecule has 0 amide bonds. The topological polar surface area (TPSA) is 46.5 Å². The Kier molecular flexibility index (Phi) is 10.6. The van der Waals surface area contributed by atoms with E-state index in [0.29, 0.717) is 18.3 Å². The molecule has 0 bridgehead atoms. The molecule has 0 spiro atoms. The third kappa shape index (κ3) is 7.53. The van der Waals surface area contributed by atoms with Crippen LogP contribution in [0.3, 0.4) is 0 Å². The standard InChI is InChI=1S/C24H38O3.C2H6/c1-18(10-13-24(19(2)25)14-11-22(26)12-15-24)16-20-6-8-21(9-7-20)23(3,4)17-27-5;1-2/h6-9,18,22,26H,10-17H2,1-5H3;1-2H3. The Bertz CT molecular complexity index is 595. The normalized spacial score (nSPS) is 23.1. The van der Waals surface area contributed by atoms with E-state index in [1.54, 1.807) is 14.0 Å². The van der Waals surface area contributed by atoms with Gasteiger partial charge in [0.2, 0.25) is 0 Å². The molecule has 0 heterocycles. The van der Waals surface area contributed by atoms with Gasteiger partial charge in [0.15, 0.2) is 0 Å². The van der Waals surface area contributed by atoms with E-state index >= 15 is 0 Å². The maximum Gasteiger partial charge on any atom is 0.135 e. The van der Waals surface area contributed by atoms with Crippen molar-refractivity contribution in [2.24, 2.45) is 11.3 Å². The molecule has 3 nitrogen and oxygen atoms in total. The average molecular weight is 405 g/mol. The summed E-state index contributed by atoms with van der Waals surface area (Å²) in [4.78, 5) is 12.3. The summed E-state index contributed by atoms with van der Waals surface area (Å²) in [5.41, 5.74) is 2.49. The summed E-state index contributed by atoms with van der Waals surface area (Å²) in [7, 11) is 1.75. The molecule has 1 aromatic rings. The zero-order valence-corrected chi connectivity index (χ0v) is 19.9. The van der Waals surface area contributed by atoms with Gasteiger partial charge in [-0.05, 0) is 68.9 Å². The molecule has 1 aliphatic carbocycles. The van der Waals surface area contributed by atoms with E-state index in [4.69, 9.17) is 4.74 Å². The van der Waals surface area contributed by atoms with E-state index in [1.165, 1.54) is 11.1 Å². The predicted octanol–water partition coefficient (Wildman–Crippen LogP) is 6.11. The Morgan fingerprint density at radius 3 is 2.24 bits per heavy atom. The molecule has 0 aromatic heterocycles. The Balaban J connectivity index is 0.00000204. The van der Waals surface area contributed by atoms with Crippen molar-refractivity contribution in [2.75, 3.05) is 13.7 Å². The third-order valence-corrected chi connectivity index (χ3v) is 6.60. The van der Waals surface area contributed by atoms with Crippen LogP contribution < -0.4 is 0 Å². The minimum atomic E-state index is -0.212. The van der Waals surface area contributed by atoms with Crippen molar-refractivity contribution in [3.8, 4) is 0 Å². The van der Waals surface area contributed by atoms with E-state index in [2.05, 4.69) is 45.0 Å². The lowest BCUT2D eigenvalue weighted by Crippen LogP contribution is -2.36. The lowest BCUT2D eigenvalue weighted by Gasteiger charge is -2.37. The summed E-state index contributed by atoms with van der Waals surface area (Å²) in [5, 5.41) is 9.79. The van der Waals surface area contributed by atoms with Gasteiger partial charge in [0.05, 0.1) is 12.7 Å². The number of rotatable bonds is 9. The first-order valence-electron chi connectivity index (χ1n) is 11.5. The van der Waals surface area contributed by atoms with Crippen LogP contribution in [0.15, 0.2) is 24.3 Å². The number of carbonyl (C=O) groups is 1. The summed E-state index contributed by atoms with van der Waals surface area (Å²) < 4.78 is 5.34. The van der Waals surface area contributed by atoms with Crippen molar-refractivity contribution in [3.63, 3.8) is 0 Å². The van der Waals surface area contributed by atoms with E-state index in [-0.39, 0.29) is 16.9 Å². The van der Waals surface area contributed by atoms with Crippen LogP contribution >= 0.6 is 0 Å². The molecule has 29 heavy (non-hydrogen) atoms. The van der Waals surface area contributed by atoms with Gasteiger partial charge in [0, 0.05) is 17.9 Å². The van der Waals surface area contributed by atoms with Crippen LogP contribution in [0.2, 0.25) is 0 Å². The molecule has 1 unspecified atom stereocenters. The number of hydrogen-bond donors (Lipinski definition) is 1. The van der Waals surface area contributed by atoms with Gasteiger partial charge in [-0.25, -0.2) is 0 Å². The molecule has 1 saturated carbocycles. The number of aliphatic hydroxyl groups excluding tert-OH is 1. The zero-order chi connectivity index (χ0) is 22.1. The lowest BCUT2D eigenvalue weighted by molar-refractivity contribution is -0.130. The number of benzene rings is 1. The summed E-state index contributed by atoms with van der Waals surface area (Å²) in [6, 6.07) is 8.92. The van der Waals surface area contributed by atoms with Gasteiger partial charge in [0.25, 0.3) is 0 Å². The highest BCUT2D eigenvalue weighted by Crippen LogP contribution is 2.42. The first kappa shape index (κ1) is 25.8. The largest absolute Gasteiger partial charge is 0.393 e. The second kappa shape index (κ2) is 11.9. The molecule has 1 atom stereocenters. The van der Waals surface area contributed by atoms with Crippen LogP contribution in [0.1, 0.15) is 91.2 Å². The monoisotopic (exact) mass is 404 g/mol. The average Bonchev–Trinajstić information content (AvgIpc) is 2.69. The molecular weight excluding hydrogens is 360 g/mol. The Morgan fingerprint density at radius 1 is 1.21 bits per heavy atom. The van der Waals surface area contributed by atoms with Gasteiger partial charge in [-0.15, -0.1) is 0 Å². The molecule has 166 valence electrons. The zero-order valence-electron chi connectivity index (χ0n) is 19.9. The summed E-state index contributed by atoms with van der Waals surface area (Å²) in [6.07, 6.45) is 6.08. The fourth-order valence-electron chi connectivity index (χ4n) is 4.50. The predicted molar refractivity (Wildman–Crippen MR) is 122 cm³/mol. The number of ether oxygens (including phenoxy) is 1. The molecule has 1 aromatic carbocycles. The van der Waals surface area contributed by atoms with E-state index in [1.807, 2.05) is 13.8 Å². The second-order valence-electron chi connectivity index (χ2n) is 9.43. The van der Waals surface area contributed by atoms with E-state index < -0.39 is 0 Å². The molecule has 0 radical (unpaired) electrons. The third-order valence-electron chi connectivity index (χ3n) is 6.60. The van der Waals surface area contributed by atoms with Gasteiger partial charge in [-0.2, -0.15) is 0 Å². The molecule has 0 aliphatic heterocycles. The highest BCUT2D eigenvalue weighted by atomic mass is 16.5. The number of hydrogen-bond acceptors (Lipinski definition) is 3. The molecule has 3 heteroatoms. The number of methoxy groups -OCH3 is 1. The lowest BCUT2D eigenvalue weighted by atomic mass is 9.67. The quantitative estimate of drug-likeness (QED) is 0.540. The van der Waals surface area contributed by atoms with Crippen LogP contribution in [-0.4, -0.2) is 30.7 Å². The van der Waals surface area contributed by atoms with Crippen LogP contribution in [-0.2, 0) is 21.4 Å². The first-order chi connectivity index (χ1) is 13.7. The van der Waals surface area contributed by atoms with Gasteiger partial charge in [-0.3, -0.25) is 4.79 Å². The Morgan fingerprint density at radius 2 is 1.76 bits per heavy atom. The Hall–Kier alpha value is -1.19. The molecular formula is C26H44O3. The summed E-state index contributed by atoms with van der Waals surface area (Å²) >= 11 is 0. The SMILES string of the molecule is CC.COCC(C)(C)c1ccc(CC(C)CCC2(C(C)=O)CCC(O)CC2)cc1. The van der Waals surface area contributed by atoms with Crippen LogP contribution in [0, 0.1) is 11.3 Å². The van der Waals surface area contributed by atoms with Crippen LogP contribution in [0.4, 0.5) is 0 Å². The number of carbonyl (C=O) groups excluding carboxylic acids is 1. The summed E-state index contributed by atoms with van der Waals surface area (Å²) in [5.74, 6) is 0.859. The molecule has 1 aliphatic rings. The Labute approximate surface area is 179 Å². The van der Waals surface area contributed by atoms with Crippen LogP contribution in [0.25, 0.3) is 0 Å². The molecule has 0 saturated heterocycles. The number of aliphatic hydroxyl groups is 1. The number of Topliss-reactive ketones (excluding diaryl/α,β-unsaturated/α-hetero) is 1. The fourth-order valence-corrected chi connectivity index (χ4v) is 4.50. The van der Waals surface area contributed by atoms with E-state index in [9.17, 15) is 9.90 Å². The fraction of sp³-hybridized carbons (Fsp3) is 0.731. The van der Waals surface area contributed by atoms with Crippen molar-refractivity contribution >= 4 is 5.78 Å². The van der Waals surface area contributed by atoms with Gasteiger partial charge in [0.1, 0.15) is 5.78 Å². The van der Waals surface area contributed by atoms with Crippen molar-refractivity contribution in [1.29, 1.82) is 0 Å². The maximum absolute atomic E-state index is 12.3. The molecule has 1 N–H and O–H groups in total. The van der Waals surface area contributed by atoms with Crippen molar-refractivity contribution in [2.45, 2.75) is 98.0 Å². The van der Waals surface area contributed by atoms with Gasteiger partial charge >= 0.3 is 0 Å². The van der Waals surface area contributed by atoms with Gasteiger partial charge in [-0.1, -0.05) is 58.9 Å². The molecule has 1 fully saturated rings. The van der Waals surface area contributed by atoms with Crippen LogP contribution in [0.5, 0.6) is 0 Å². The minimum Gasteiger partial charge on any atom is -0.393 e. The summed E-state index contributed by atoms with van der Waals surface area (Å²) in [6.45, 7) is 13.1. The highest BCUT2D eigenvalue weighted by Gasteiger charge is 2.38. The van der Waals surface area contributed by atoms with E-state index in [0.717, 1.165) is 44.9 Å². The van der Waals surface area contributed by atoms with Crippen molar-refractivity contribution in [3.05, 3.63) is 35.4 Å². The van der Waals surface area contributed by atoms with Crippen molar-refractivity contribution < 1.29 is 14.6 Å². The maximum atomic E-state index is 12.3. The van der Waals surface area contributed by atoms with Crippen molar-refractivity contribution in [1.82, 2.24) is 0 Å². The number of ketones is 1. The molecule has 2 rings (SSSR count). The highest BCUT2D eigenvalue weighted by molar-refractivity contribution is 5.82. The first-order valence-corrected chi connectivity index (χ1v) is 11.5. The van der Waals surface area contributed by atoms with Gasteiger partial charge < -0.3 is 9.84 Å². The second-order valence-corrected chi connectivity index (χ2v) is 9.43.